The predicted octanol–water partition coefficient (Wildman–Crippen LogP) is 2.53. The largest absolute Gasteiger partial charge is 0.330 e. The maximum Gasteiger partial charge on any atom is 0.228 e. The molecule has 0 fully saturated rings. The van der Waals surface area contributed by atoms with Crippen molar-refractivity contribution in [3.63, 3.8) is 0 Å². The quantitative estimate of drug-likeness (QED) is 0.862. The molecule has 5 heteroatoms. The molecule has 0 bridgehead atoms. The lowest BCUT2D eigenvalue weighted by atomic mass is 10.1. The first-order valence-corrected chi connectivity index (χ1v) is 5.26. The minimum Gasteiger partial charge on any atom is -0.330 e. The zero-order valence-corrected chi connectivity index (χ0v) is 9.77. The molecular formula is C10H12Cl2N2O. The Hall–Kier alpha value is -0.770. The van der Waals surface area contributed by atoms with E-state index in [0.717, 1.165) is 0 Å². The van der Waals surface area contributed by atoms with Crippen molar-refractivity contribution in [3.05, 3.63) is 28.2 Å². The Morgan fingerprint density at radius 1 is 1.47 bits per heavy atom. The third-order valence-electron chi connectivity index (χ3n) is 1.99. The zero-order valence-electron chi connectivity index (χ0n) is 8.26. The topological polar surface area (TPSA) is 55.1 Å². The van der Waals surface area contributed by atoms with Crippen LogP contribution in [0, 0.1) is 5.92 Å². The van der Waals surface area contributed by atoms with Gasteiger partial charge in [-0.2, -0.15) is 0 Å². The highest BCUT2D eigenvalue weighted by atomic mass is 35.5. The highest BCUT2D eigenvalue weighted by Crippen LogP contribution is 2.25. The van der Waals surface area contributed by atoms with Gasteiger partial charge in [0, 0.05) is 18.2 Å². The number of hydrogen-bond acceptors (Lipinski definition) is 2. The van der Waals surface area contributed by atoms with Gasteiger partial charge in [0.25, 0.3) is 0 Å². The highest BCUT2D eigenvalue weighted by Gasteiger charge is 2.11. The van der Waals surface area contributed by atoms with Gasteiger partial charge >= 0.3 is 0 Å². The van der Waals surface area contributed by atoms with E-state index in [0.29, 0.717) is 22.3 Å². The molecule has 15 heavy (non-hydrogen) atoms. The molecule has 1 rings (SSSR count). The van der Waals surface area contributed by atoms with Crippen molar-refractivity contribution in [3.8, 4) is 0 Å². The second-order valence-electron chi connectivity index (χ2n) is 3.25. The Balaban J connectivity index is 2.73. The molecule has 0 heterocycles. The molecule has 1 aromatic carbocycles. The van der Waals surface area contributed by atoms with Crippen LogP contribution >= 0.6 is 23.2 Å². The fourth-order valence-corrected chi connectivity index (χ4v) is 1.24. The van der Waals surface area contributed by atoms with Gasteiger partial charge in [-0.1, -0.05) is 30.1 Å². The number of amides is 1. The minimum atomic E-state index is -0.223. The first-order valence-electron chi connectivity index (χ1n) is 4.50. The van der Waals surface area contributed by atoms with Crippen LogP contribution in [0.2, 0.25) is 10.0 Å². The van der Waals surface area contributed by atoms with Gasteiger partial charge in [-0.05, 0) is 18.2 Å². The van der Waals surface area contributed by atoms with Crippen molar-refractivity contribution < 1.29 is 4.79 Å². The number of nitrogens with one attached hydrogen (secondary N) is 1. The van der Waals surface area contributed by atoms with Crippen LogP contribution in [0.25, 0.3) is 0 Å². The van der Waals surface area contributed by atoms with Gasteiger partial charge in [0.1, 0.15) is 0 Å². The third-order valence-corrected chi connectivity index (χ3v) is 2.73. The number of rotatable bonds is 3. The summed E-state index contributed by atoms with van der Waals surface area (Å²) < 4.78 is 0. The van der Waals surface area contributed by atoms with E-state index in [4.69, 9.17) is 28.9 Å². The monoisotopic (exact) mass is 246 g/mol. The number of benzene rings is 1. The summed E-state index contributed by atoms with van der Waals surface area (Å²) in [6, 6.07) is 4.92. The fourth-order valence-electron chi connectivity index (χ4n) is 0.946. The van der Waals surface area contributed by atoms with Crippen LogP contribution in [-0.2, 0) is 4.79 Å². The van der Waals surface area contributed by atoms with E-state index < -0.39 is 0 Å². The van der Waals surface area contributed by atoms with Crippen molar-refractivity contribution in [1.29, 1.82) is 0 Å². The lowest BCUT2D eigenvalue weighted by Gasteiger charge is -2.10. The lowest BCUT2D eigenvalue weighted by Crippen LogP contribution is -2.26. The number of halogens is 2. The van der Waals surface area contributed by atoms with E-state index in [1.54, 1.807) is 25.1 Å². The van der Waals surface area contributed by atoms with Crippen molar-refractivity contribution in [2.24, 2.45) is 11.7 Å². The average Bonchev–Trinajstić information content (AvgIpc) is 2.22. The summed E-state index contributed by atoms with van der Waals surface area (Å²) in [7, 11) is 0. The molecule has 3 N–H and O–H groups in total. The lowest BCUT2D eigenvalue weighted by molar-refractivity contribution is -0.119. The molecule has 1 atom stereocenters. The van der Waals surface area contributed by atoms with E-state index >= 15 is 0 Å². The molecule has 0 aliphatic carbocycles. The number of carbonyl (C=O) groups excluding carboxylic acids is 1. The van der Waals surface area contributed by atoms with Gasteiger partial charge in [0.15, 0.2) is 0 Å². The summed E-state index contributed by atoms with van der Waals surface area (Å²) >= 11 is 11.5. The van der Waals surface area contributed by atoms with Crippen LogP contribution < -0.4 is 11.1 Å². The molecule has 0 aliphatic rings. The van der Waals surface area contributed by atoms with Crippen molar-refractivity contribution >= 4 is 34.8 Å². The number of nitrogens with two attached hydrogens (primary N) is 1. The summed E-state index contributed by atoms with van der Waals surface area (Å²) in [5, 5.41) is 3.57. The molecule has 0 aromatic heterocycles. The highest BCUT2D eigenvalue weighted by molar-refractivity contribution is 6.42. The Labute approximate surface area is 98.5 Å². The van der Waals surface area contributed by atoms with Gasteiger partial charge < -0.3 is 11.1 Å². The van der Waals surface area contributed by atoms with E-state index in [1.165, 1.54) is 0 Å². The molecule has 0 saturated heterocycles. The molecule has 0 aliphatic heterocycles. The Bertz CT molecular complexity index is 368. The molecule has 0 radical (unpaired) electrons. The van der Waals surface area contributed by atoms with Gasteiger partial charge in [0.2, 0.25) is 5.91 Å². The molecule has 1 unspecified atom stereocenters. The zero-order chi connectivity index (χ0) is 11.4. The summed E-state index contributed by atoms with van der Waals surface area (Å²) in [4.78, 5) is 11.5. The van der Waals surface area contributed by atoms with Gasteiger partial charge in [-0.25, -0.2) is 0 Å². The van der Waals surface area contributed by atoms with Crippen molar-refractivity contribution in [1.82, 2.24) is 0 Å². The normalized spacial score (nSPS) is 12.3. The molecule has 0 spiro atoms. The third kappa shape index (κ3) is 3.38. The Kier molecular flexibility index (Phi) is 4.39. The summed E-state index contributed by atoms with van der Waals surface area (Å²) in [6.45, 7) is 2.07. The van der Waals surface area contributed by atoms with Crippen molar-refractivity contribution in [2.45, 2.75) is 6.92 Å². The Morgan fingerprint density at radius 2 is 2.13 bits per heavy atom. The van der Waals surface area contributed by atoms with Gasteiger partial charge in [-0.3, -0.25) is 4.79 Å². The predicted molar refractivity (Wildman–Crippen MR) is 63.3 cm³/mol. The number of anilines is 1. The van der Waals surface area contributed by atoms with Gasteiger partial charge in [0.05, 0.1) is 10.0 Å². The Morgan fingerprint density at radius 3 is 2.67 bits per heavy atom. The summed E-state index contributed by atoms with van der Waals surface area (Å²) in [5.41, 5.74) is 5.99. The molecule has 1 aromatic rings. The maximum atomic E-state index is 11.5. The van der Waals surface area contributed by atoms with Crippen LogP contribution in [0.3, 0.4) is 0 Å². The van der Waals surface area contributed by atoms with Crippen LogP contribution in [0.5, 0.6) is 0 Å². The molecule has 82 valence electrons. The first-order chi connectivity index (χ1) is 7.04. The van der Waals surface area contributed by atoms with Crippen LogP contribution in [-0.4, -0.2) is 12.5 Å². The summed E-state index contributed by atoms with van der Waals surface area (Å²) in [6.07, 6.45) is 0. The van der Waals surface area contributed by atoms with Crippen molar-refractivity contribution in [2.75, 3.05) is 11.9 Å². The van der Waals surface area contributed by atoms with E-state index in [-0.39, 0.29) is 11.8 Å². The fraction of sp³-hybridized carbons (Fsp3) is 0.300. The second-order valence-corrected chi connectivity index (χ2v) is 4.07. The maximum absolute atomic E-state index is 11.5. The molecule has 3 nitrogen and oxygen atoms in total. The first kappa shape index (κ1) is 12.3. The van der Waals surface area contributed by atoms with Crippen LogP contribution in [0.1, 0.15) is 6.92 Å². The minimum absolute atomic E-state index is 0.129. The van der Waals surface area contributed by atoms with E-state index in [9.17, 15) is 4.79 Å². The molecular weight excluding hydrogens is 235 g/mol. The SMILES string of the molecule is CC(CN)C(=O)Nc1ccc(Cl)c(Cl)c1. The molecule has 1 amide bonds. The average molecular weight is 247 g/mol. The van der Waals surface area contributed by atoms with Crippen LogP contribution in [0.4, 0.5) is 5.69 Å². The standard InChI is InChI=1S/C10H12Cl2N2O/c1-6(5-13)10(15)14-7-2-3-8(11)9(12)4-7/h2-4,6H,5,13H2,1H3,(H,14,15). The smallest absolute Gasteiger partial charge is 0.228 e. The summed E-state index contributed by atoms with van der Waals surface area (Å²) in [5.74, 6) is -0.352. The van der Waals surface area contributed by atoms with E-state index in [1.807, 2.05) is 0 Å². The van der Waals surface area contributed by atoms with Gasteiger partial charge in [-0.15, -0.1) is 0 Å². The molecule has 0 saturated carbocycles. The van der Waals surface area contributed by atoms with E-state index in [2.05, 4.69) is 5.32 Å². The second kappa shape index (κ2) is 5.35. The number of carbonyl (C=O) groups is 1. The van der Waals surface area contributed by atoms with Crippen LogP contribution in [0.15, 0.2) is 18.2 Å². The number of hydrogen-bond donors (Lipinski definition) is 2.